The van der Waals surface area contributed by atoms with Crippen molar-refractivity contribution in [2.45, 2.75) is 13.0 Å². The Morgan fingerprint density at radius 1 is 1.25 bits per heavy atom. The fourth-order valence-electron chi connectivity index (χ4n) is 1.02. The average molecular weight is 415 g/mol. The molecule has 0 radical (unpaired) electrons. The summed E-state index contributed by atoms with van der Waals surface area (Å²) in [6, 6.07) is 3.52. The van der Waals surface area contributed by atoms with Crippen LogP contribution in [0.3, 0.4) is 0 Å². The van der Waals surface area contributed by atoms with E-state index in [1.165, 1.54) is 0 Å². The van der Waals surface area contributed by atoms with Gasteiger partial charge in [-0.1, -0.05) is 15.9 Å². The Kier molecular flexibility index (Phi) is 5.43. The van der Waals surface area contributed by atoms with Gasteiger partial charge in [-0.3, -0.25) is 4.79 Å². The van der Waals surface area contributed by atoms with Gasteiger partial charge in [0.15, 0.2) is 0 Å². The van der Waals surface area contributed by atoms with E-state index < -0.39 is 0 Å². The van der Waals surface area contributed by atoms with Crippen LogP contribution in [-0.2, 0) is 4.79 Å². The Labute approximate surface area is 120 Å². The van der Waals surface area contributed by atoms with E-state index in [1.54, 1.807) is 14.0 Å². The van der Waals surface area contributed by atoms with Crippen LogP contribution in [0.5, 0.6) is 0 Å². The van der Waals surface area contributed by atoms with Gasteiger partial charge < -0.3 is 10.6 Å². The highest BCUT2D eigenvalue weighted by molar-refractivity contribution is 9.11. The maximum Gasteiger partial charge on any atom is 0.241 e. The maximum absolute atomic E-state index is 11.7. The molecular formula is C10H11Br3N2O. The lowest BCUT2D eigenvalue weighted by Crippen LogP contribution is -2.35. The molecule has 1 aromatic rings. The van der Waals surface area contributed by atoms with Crippen molar-refractivity contribution in [1.82, 2.24) is 5.32 Å². The van der Waals surface area contributed by atoms with Crippen LogP contribution in [0.4, 0.5) is 5.69 Å². The molecule has 0 aliphatic carbocycles. The third-order valence-electron chi connectivity index (χ3n) is 2.08. The number of hydrogen-bond donors (Lipinski definition) is 2. The van der Waals surface area contributed by atoms with Crippen molar-refractivity contribution in [1.29, 1.82) is 0 Å². The molecule has 0 aliphatic heterocycles. The molecule has 1 rings (SSSR count). The molecule has 0 aromatic heterocycles. The van der Waals surface area contributed by atoms with E-state index in [-0.39, 0.29) is 11.9 Å². The van der Waals surface area contributed by atoms with Gasteiger partial charge in [-0.05, 0) is 58.0 Å². The van der Waals surface area contributed by atoms with E-state index >= 15 is 0 Å². The van der Waals surface area contributed by atoms with E-state index in [0.717, 1.165) is 19.1 Å². The van der Waals surface area contributed by atoms with Crippen LogP contribution in [0.25, 0.3) is 0 Å². The van der Waals surface area contributed by atoms with Gasteiger partial charge in [0, 0.05) is 13.4 Å². The first-order valence-electron chi connectivity index (χ1n) is 4.58. The van der Waals surface area contributed by atoms with Gasteiger partial charge in [0.1, 0.15) is 0 Å². The Balaban J connectivity index is 2.93. The minimum absolute atomic E-state index is 0.0776. The normalized spacial score (nSPS) is 12.3. The van der Waals surface area contributed by atoms with Crippen LogP contribution < -0.4 is 10.6 Å². The summed E-state index contributed by atoms with van der Waals surface area (Å²) in [5.74, 6) is -0.0776. The topological polar surface area (TPSA) is 41.1 Å². The molecule has 0 aliphatic rings. The molecule has 16 heavy (non-hydrogen) atoms. The molecule has 2 N–H and O–H groups in total. The van der Waals surface area contributed by atoms with Crippen LogP contribution >= 0.6 is 47.8 Å². The summed E-state index contributed by atoms with van der Waals surface area (Å²) >= 11 is 10.2. The second-order valence-electron chi connectivity index (χ2n) is 3.24. The lowest BCUT2D eigenvalue weighted by atomic mass is 10.3. The van der Waals surface area contributed by atoms with Crippen molar-refractivity contribution < 1.29 is 4.79 Å². The van der Waals surface area contributed by atoms with E-state index in [2.05, 4.69) is 58.4 Å². The monoisotopic (exact) mass is 412 g/mol. The van der Waals surface area contributed by atoms with Crippen molar-refractivity contribution in [3.05, 3.63) is 25.6 Å². The molecule has 88 valence electrons. The second-order valence-corrected chi connectivity index (χ2v) is 5.87. The molecule has 1 aromatic carbocycles. The maximum atomic E-state index is 11.7. The number of amides is 1. The van der Waals surface area contributed by atoms with Crippen LogP contribution in [0.15, 0.2) is 25.6 Å². The van der Waals surface area contributed by atoms with Gasteiger partial charge in [-0.15, -0.1) is 0 Å². The molecule has 6 heteroatoms. The number of benzene rings is 1. The fourth-order valence-corrected chi connectivity index (χ4v) is 3.48. The number of nitrogens with one attached hydrogen (secondary N) is 2. The number of carbonyl (C=O) groups is 1. The van der Waals surface area contributed by atoms with Crippen molar-refractivity contribution in [3.63, 3.8) is 0 Å². The number of halogens is 3. The summed E-state index contributed by atoms with van der Waals surface area (Å²) in [4.78, 5) is 11.7. The summed E-state index contributed by atoms with van der Waals surface area (Å²) in [5, 5.41) is 5.72. The number of anilines is 1. The van der Waals surface area contributed by atoms with E-state index in [4.69, 9.17) is 0 Å². The molecule has 0 heterocycles. The zero-order valence-electron chi connectivity index (χ0n) is 8.77. The predicted octanol–water partition coefficient (Wildman–Crippen LogP) is 3.52. The third-order valence-corrected chi connectivity index (χ3v) is 3.79. The zero-order chi connectivity index (χ0) is 12.3. The Bertz CT molecular complexity index is 386. The third kappa shape index (κ3) is 3.55. The number of hydrogen-bond acceptors (Lipinski definition) is 2. The Morgan fingerprint density at radius 2 is 1.75 bits per heavy atom. The van der Waals surface area contributed by atoms with Crippen molar-refractivity contribution >= 4 is 59.4 Å². The summed E-state index contributed by atoms with van der Waals surface area (Å²) in [6.07, 6.45) is 0. The lowest BCUT2D eigenvalue weighted by Gasteiger charge is -2.14. The van der Waals surface area contributed by atoms with Gasteiger partial charge in [0.2, 0.25) is 5.91 Å². The first-order chi connectivity index (χ1) is 7.45. The highest BCUT2D eigenvalue weighted by atomic mass is 79.9. The largest absolute Gasteiger partial charge is 0.323 e. The first kappa shape index (κ1) is 14.2. The molecule has 0 saturated carbocycles. The molecule has 3 nitrogen and oxygen atoms in total. The minimum atomic E-state index is -0.234. The summed E-state index contributed by atoms with van der Waals surface area (Å²) < 4.78 is 2.58. The summed E-state index contributed by atoms with van der Waals surface area (Å²) in [5.41, 5.74) is 0.732. The summed E-state index contributed by atoms with van der Waals surface area (Å²) in [6.45, 7) is 1.80. The van der Waals surface area contributed by atoms with Gasteiger partial charge in [0.25, 0.3) is 0 Å². The standard InChI is InChI=1S/C10H11Br3N2O/c1-5(14-2)10(16)15-9-7(12)3-6(11)4-8(9)13/h3-5,14H,1-2H3,(H,15,16). The van der Waals surface area contributed by atoms with Crippen molar-refractivity contribution in [3.8, 4) is 0 Å². The summed E-state index contributed by atoms with van der Waals surface area (Å²) in [7, 11) is 1.75. The Hall–Kier alpha value is 0.0900. The van der Waals surface area contributed by atoms with Gasteiger partial charge in [0.05, 0.1) is 11.7 Å². The number of rotatable bonds is 3. The van der Waals surface area contributed by atoms with Crippen molar-refractivity contribution in [2.75, 3.05) is 12.4 Å². The highest BCUT2D eigenvalue weighted by Gasteiger charge is 2.14. The quantitative estimate of drug-likeness (QED) is 0.794. The van der Waals surface area contributed by atoms with E-state index in [1.807, 2.05) is 12.1 Å². The van der Waals surface area contributed by atoms with Gasteiger partial charge in [-0.25, -0.2) is 0 Å². The minimum Gasteiger partial charge on any atom is -0.323 e. The van der Waals surface area contributed by atoms with Gasteiger partial charge >= 0.3 is 0 Å². The molecule has 0 spiro atoms. The van der Waals surface area contributed by atoms with Crippen molar-refractivity contribution in [2.24, 2.45) is 0 Å². The van der Waals surface area contributed by atoms with E-state index in [9.17, 15) is 4.79 Å². The van der Waals surface area contributed by atoms with Crippen LogP contribution in [-0.4, -0.2) is 19.0 Å². The zero-order valence-corrected chi connectivity index (χ0v) is 13.5. The average Bonchev–Trinajstić information content (AvgIpc) is 2.21. The van der Waals surface area contributed by atoms with Crippen LogP contribution in [0, 0.1) is 0 Å². The first-order valence-corrected chi connectivity index (χ1v) is 6.96. The smallest absolute Gasteiger partial charge is 0.241 e. The van der Waals surface area contributed by atoms with Crippen LogP contribution in [0.1, 0.15) is 6.92 Å². The van der Waals surface area contributed by atoms with Gasteiger partial charge in [-0.2, -0.15) is 0 Å². The highest BCUT2D eigenvalue weighted by Crippen LogP contribution is 2.34. The molecule has 0 fully saturated rings. The second kappa shape index (κ2) is 6.14. The predicted molar refractivity (Wildman–Crippen MR) is 76.7 cm³/mol. The SMILES string of the molecule is CNC(C)C(=O)Nc1c(Br)cc(Br)cc1Br. The molecule has 0 bridgehead atoms. The molecule has 1 amide bonds. The van der Waals surface area contributed by atoms with Crippen LogP contribution in [0.2, 0.25) is 0 Å². The molecule has 1 atom stereocenters. The fraction of sp³-hybridized carbons (Fsp3) is 0.300. The lowest BCUT2D eigenvalue weighted by molar-refractivity contribution is -0.117. The molecular weight excluding hydrogens is 404 g/mol. The Morgan fingerprint density at radius 3 is 2.19 bits per heavy atom. The van der Waals surface area contributed by atoms with E-state index in [0.29, 0.717) is 0 Å². The molecule has 1 unspecified atom stereocenters. The molecule has 0 saturated heterocycles. The number of carbonyl (C=O) groups excluding carboxylic acids is 1. The number of likely N-dealkylation sites (N-methyl/N-ethyl adjacent to an activating group) is 1.